The Bertz CT molecular complexity index is 1650. The van der Waals surface area contributed by atoms with Crippen LogP contribution in [0.5, 0.6) is 0 Å². The minimum atomic E-state index is -0.491. The van der Waals surface area contributed by atoms with Gasteiger partial charge in [-0.15, -0.1) is 0 Å². The second-order valence-corrected chi connectivity index (χ2v) is 10.3. The molecule has 5 rings (SSSR count). The lowest BCUT2D eigenvalue weighted by atomic mass is 10.0. The van der Waals surface area contributed by atoms with E-state index in [1.807, 2.05) is 30.3 Å². The third-order valence-electron chi connectivity index (χ3n) is 6.91. The lowest BCUT2D eigenvalue weighted by molar-refractivity contribution is 0.0935. The SMILES string of the molecule is Cc1ccc([C@@H](C)NCc2ccc(-c3ccc(Cl)c(C(=O)N[C@H](Cc4ccc(C#N)cc4)c4ncn[nH]4)c3)o2)cc1. The van der Waals surface area contributed by atoms with Crippen molar-refractivity contribution < 1.29 is 9.21 Å². The molecule has 0 aliphatic heterocycles. The fourth-order valence-electron chi connectivity index (χ4n) is 4.49. The molecule has 3 N–H and O–H groups in total. The third kappa shape index (κ3) is 6.90. The summed E-state index contributed by atoms with van der Waals surface area (Å²) in [6.07, 6.45) is 1.84. The first-order valence-corrected chi connectivity index (χ1v) is 13.6. The molecule has 0 unspecified atom stereocenters. The van der Waals surface area contributed by atoms with Crippen LogP contribution in [0.1, 0.15) is 63.2 Å². The third-order valence-corrected chi connectivity index (χ3v) is 7.24. The second kappa shape index (κ2) is 12.6. The van der Waals surface area contributed by atoms with E-state index in [0.29, 0.717) is 40.7 Å². The molecule has 8 nitrogen and oxygen atoms in total. The van der Waals surface area contributed by atoms with Gasteiger partial charge in [-0.1, -0.05) is 53.6 Å². The number of H-pyrrole nitrogens is 1. The van der Waals surface area contributed by atoms with E-state index in [9.17, 15) is 4.79 Å². The number of nitrogens with one attached hydrogen (secondary N) is 3. The zero-order valence-electron chi connectivity index (χ0n) is 22.7. The number of aromatic amines is 1. The van der Waals surface area contributed by atoms with Gasteiger partial charge >= 0.3 is 0 Å². The highest BCUT2D eigenvalue weighted by Gasteiger charge is 2.21. The fraction of sp³-hybridized carbons (Fsp3) is 0.188. The molecule has 206 valence electrons. The van der Waals surface area contributed by atoms with Crippen molar-refractivity contribution in [2.75, 3.05) is 0 Å². The number of aromatic nitrogens is 3. The van der Waals surface area contributed by atoms with Gasteiger partial charge in [-0.2, -0.15) is 10.4 Å². The normalized spacial score (nSPS) is 12.4. The van der Waals surface area contributed by atoms with Crippen LogP contribution in [-0.2, 0) is 13.0 Å². The molecule has 2 aromatic heterocycles. The van der Waals surface area contributed by atoms with Crippen molar-refractivity contribution in [1.82, 2.24) is 25.8 Å². The summed E-state index contributed by atoms with van der Waals surface area (Å²) in [5.41, 5.74) is 4.98. The predicted molar refractivity (Wildman–Crippen MR) is 157 cm³/mol. The largest absolute Gasteiger partial charge is 0.460 e. The van der Waals surface area contributed by atoms with Gasteiger partial charge in [0.1, 0.15) is 23.7 Å². The number of nitriles is 1. The van der Waals surface area contributed by atoms with E-state index >= 15 is 0 Å². The zero-order chi connectivity index (χ0) is 28.8. The second-order valence-electron chi connectivity index (χ2n) is 9.88. The number of aryl methyl sites for hydroxylation is 1. The fourth-order valence-corrected chi connectivity index (χ4v) is 4.70. The van der Waals surface area contributed by atoms with Crippen molar-refractivity contribution in [3.05, 3.63) is 130 Å². The Labute approximate surface area is 243 Å². The summed E-state index contributed by atoms with van der Waals surface area (Å²) in [4.78, 5) is 17.7. The Morgan fingerprint density at radius 1 is 1.07 bits per heavy atom. The van der Waals surface area contributed by atoms with E-state index in [2.05, 4.69) is 70.0 Å². The van der Waals surface area contributed by atoms with Crippen molar-refractivity contribution in [2.45, 2.75) is 38.9 Å². The number of furan rings is 1. The van der Waals surface area contributed by atoms with E-state index in [1.54, 1.807) is 24.3 Å². The molecular formula is C32H29ClN6O2. The smallest absolute Gasteiger partial charge is 0.253 e. The van der Waals surface area contributed by atoms with Crippen molar-refractivity contribution in [3.63, 3.8) is 0 Å². The maximum absolute atomic E-state index is 13.4. The number of carbonyl (C=O) groups excluding carboxylic acids is 1. The van der Waals surface area contributed by atoms with Crippen molar-refractivity contribution in [1.29, 1.82) is 5.26 Å². The Hall–Kier alpha value is -4.71. The van der Waals surface area contributed by atoms with Gasteiger partial charge in [-0.25, -0.2) is 4.98 Å². The Morgan fingerprint density at radius 3 is 2.56 bits per heavy atom. The lowest BCUT2D eigenvalue weighted by Crippen LogP contribution is -2.31. The number of hydrogen-bond acceptors (Lipinski definition) is 6. The molecule has 0 aliphatic rings. The summed E-state index contributed by atoms with van der Waals surface area (Å²) in [6, 6.07) is 26.5. The number of carbonyl (C=O) groups is 1. The summed E-state index contributed by atoms with van der Waals surface area (Å²) in [5, 5.41) is 22.7. The van der Waals surface area contributed by atoms with Crippen LogP contribution in [0.4, 0.5) is 0 Å². The first kappa shape index (κ1) is 27.8. The van der Waals surface area contributed by atoms with Crippen LogP contribution in [0.3, 0.4) is 0 Å². The van der Waals surface area contributed by atoms with Gasteiger partial charge in [0.25, 0.3) is 5.91 Å². The molecule has 1 amide bonds. The van der Waals surface area contributed by atoms with Gasteiger partial charge in [-0.05, 0) is 73.9 Å². The Kier molecular flexibility index (Phi) is 8.59. The summed E-state index contributed by atoms with van der Waals surface area (Å²) < 4.78 is 6.10. The maximum atomic E-state index is 13.4. The monoisotopic (exact) mass is 564 g/mol. The molecule has 0 bridgehead atoms. The molecule has 0 radical (unpaired) electrons. The first-order valence-electron chi connectivity index (χ1n) is 13.2. The van der Waals surface area contributed by atoms with Gasteiger partial charge < -0.3 is 15.1 Å². The molecule has 0 saturated heterocycles. The van der Waals surface area contributed by atoms with Crippen LogP contribution < -0.4 is 10.6 Å². The average Bonchev–Trinajstić information content (AvgIpc) is 3.70. The van der Waals surface area contributed by atoms with Crippen molar-refractivity contribution in [2.24, 2.45) is 0 Å². The molecule has 0 fully saturated rings. The summed E-state index contributed by atoms with van der Waals surface area (Å²) in [7, 11) is 0. The van der Waals surface area contributed by atoms with Crippen LogP contribution in [0.15, 0.2) is 89.6 Å². The minimum absolute atomic E-state index is 0.163. The standard InChI is InChI=1S/C32H29ClN6O2/c1-20-3-9-24(10-4-20)21(2)35-18-26-12-14-30(41-26)25-11-13-28(33)27(16-25)32(40)38-29(31-36-19-37-39-31)15-22-5-7-23(17-34)8-6-22/h3-14,16,19,21,29,35H,15,18H2,1-2H3,(H,38,40)(H,36,37,39)/t21-,29-/m1/s1. The molecule has 0 spiro atoms. The number of rotatable bonds is 10. The molecule has 41 heavy (non-hydrogen) atoms. The molecule has 0 saturated carbocycles. The maximum Gasteiger partial charge on any atom is 0.253 e. The molecule has 5 aromatic rings. The number of amides is 1. The topological polar surface area (TPSA) is 120 Å². The van der Waals surface area contributed by atoms with E-state index in [1.165, 1.54) is 17.5 Å². The Morgan fingerprint density at radius 2 is 1.85 bits per heavy atom. The van der Waals surface area contributed by atoms with E-state index < -0.39 is 6.04 Å². The number of hydrogen-bond donors (Lipinski definition) is 3. The number of nitrogens with zero attached hydrogens (tertiary/aromatic N) is 3. The molecule has 9 heteroatoms. The van der Waals surface area contributed by atoms with Crippen molar-refractivity contribution >= 4 is 17.5 Å². The van der Waals surface area contributed by atoms with Crippen LogP contribution in [0, 0.1) is 18.3 Å². The highest BCUT2D eigenvalue weighted by Crippen LogP contribution is 2.28. The summed E-state index contributed by atoms with van der Waals surface area (Å²) >= 11 is 6.47. The van der Waals surface area contributed by atoms with Gasteiger partial charge in [0.2, 0.25) is 0 Å². The molecule has 2 atom stereocenters. The van der Waals surface area contributed by atoms with Gasteiger partial charge in [0.15, 0.2) is 0 Å². The van der Waals surface area contributed by atoms with E-state index in [4.69, 9.17) is 21.3 Å². The lowest BCUT2D eigenvalue weighted by Gasteiger charge is -2.17. The van der Waals surface area contributed by atoms with Crippen LogP contribution in [0.25, 0.3) is 11.3 Å². The van der Waals surface area contributed by atoms with Gasteiger partial charge in [0.05, 0.1) is 34.8 Å². The zero-order valence-corrected chi connectivity index (χ0v) is 23.4. The number of benzene rings is 3. The molecule has 2 heterocycles. The average molecular weight is 565 g/mol. The van der Waals surface area contributed by atoms with E-state index in [0.717, 1.165) is 16.9 Å². The van der Waals surface area contributed by atoms with Crippen LogP contribution >= 0.6 is 11.6 Å². The molecule has 0 aliphatic carbocycles. The highest BCUT2D eigenvalue weighted by atomic mass is 35.5. The quantitative estimate of drug-likeness (QED) is 0.179. The summed E-state index contributed by atoms with van der Waals surface area (Å²) in [5.74, 6) is 1.58. The minimum Gasteiger partial charge on any atom is -0.460 e. The van der Waals surface area contributed by atoms with Gasteiger partial charge in [-0.3, -0.25) is 9.89 Å². The summed E-state index contributed by atoms with van der Waals surface area (Å²) in [6.45, 7) is 4.75. The number of halogens is 1. The van der Waals surface area contributed by atoms with Crippen LogP contribution in [-0.4, -0.2) is 21.1 Å². The molecule has 3 aromatic carbocycles. The van der Waals surface area contributed by atoms with Crippen LogP contribution in [0.2, 0.25) is 5.02 Å². The first-order chi connectivity index (χ1) is 19.9. The highest BCUT2D eigenvalue weighted by molar-refractivity contribution is 6.34. The predicted octanol–water partition coefficient (Wildman–Crippen LogP) is 6.46. The van der Waals surface area contributed by atoms with Crippen molar-refractivity contribution in [3.8, 4) is 17.4 Å². The van der Waals surface area contributed by atoms with E-state index in [-0.39, 0.29) is 11.9 Å². The van der Waals surface area contributed by atoms with Gasteiger partial charge in [0, 0.05) is 11.6 Å². The molecular weight excluding hydrogens is 536 g/mol. The Balaban J connectivity index is 1.29.